The fourth-order valence-corrected chi connectivity index (χ4v) is 4.15. The predicted octanol–water partition coefficient (Wildman–Crippen LogP) is 2.32. The Labute approximate surface area is 166 Å². The number of likely N-dealkylation sites (tertiary alicyclic amines) is 1. The van der Waals surface area contributed by atoms with Gasteiger partial charge in [-0.1, -0.05) is 54.1 Å². The molecule has 0 aliphatic carbocycles. The summed E-state index contributed by atoms with van der Waals surface area (Å²) in [5.41, 5.74) is 4.74. The van der Waals surface area contributed by atoms with Crippen LogP contribution >= 0.6 is 0 Å². The van der Waals surface area contributed by atoms with Crippen LogP contribution in [0.1, 0.15) is 35.1 Å². The molecule has 5 nitrogen and oxygen atoms in total. The zero-order chi connectivity index (χ0) is 19.5. The van der Waals surface area contributed by atoms with Crippen LogP contribution in [0.2, 0.25) is 0 Å². The van der Waals surface area contributed by atoms with Gasteiger partial charge in [-0.3, -0.25) is 9.59 Å². The molecule has 2 aromatic carbocycles. The summed E-state index contributed by atoms with van der Waals surface area (Å²) < 4.78 is 0. The number of hydrogen-bond acceptors (Lipinski definition) is 3. The first-order valence-electron chi connectivity index (χ1n) is 10.1. The van der Waals surface area contributed by atoms with Gasteiger partial charge >= 0.3 is 0 Å². The van der Waals surface area contributed by atoms with Crippen LogP contribution in [0.5, 0.6) is 0 Å². The zero-order valence-corrected chi connectivity index (χ0v) is 16.3. The minimum atomic E-state index is -0.364. The number of carbonyl (C=O) groups is 2. The Morgan fingerprint density at radius 3 is 2.64 bits per heavy atom. The summed E-state index contributed by atoms with van der Waals surface area (Å²) in [6.07, 6.45) is 2.29. The maximum atomic E-state index is 13.1. The van der Waals surface area contributed by atoms with E-state index in [1.807, 2.05) is 43.3 Å². The van der Waals surface area contributed by atoms with Crippen molar-refractivity contribution in [1.82, 2.24) is 15.5 Å². The minimum absolute atomic E-state index is 0.0440. The Hall–Kier alpha value is -2.66. The van der Waals surface area contributed by atoms with Crippen molar-refractivity contribution in [2.75, 3.05) is 6.54 Å². The lowest BCUT2D eigenvalue weighted by Crippen LogP contribution is -2.54. The lowest BCUT2D eigenvalue weighted by molar-refractivity contribution is -0.140. The zero-order valence-electron chi connectivity index (χ0n) is 16.3. The van der Waals surface area contributed by atoms with Gasteiger partial charge in [-0.2, -0.15) is 0 Å². The highest BCUT2D eigenvalue weighted by Crippen LogP contribution is 2.22. The Kier molecular flexibility index (Phi) is 5.44. The minimum Gasteiger partial charge on any atom is -0.350 e. The van der Waals surface area contributed by atoms with E-state index in [2.05, 4.69) is 22.8 Å². The van der Waals surface area contributed by atoms with E-state index in [4.69, 9.17) is 0 Å². The number of amides is 2. The van der Waals surface area contributed by atoms with Crippen LogP contribution in [0.4, 0.5) is 0 Å². The highest BCUT2D eigenvalue weighted by molar-refractivity contribution is 5.90. The second kappa shape index (κ2) is 8.15. The highest BCUT2D eigenvalue weighted by Gasteiger charge is 2.37. The molecule has 0 spiro atoms. The van der Waals surface area contributed by atoms with Crippen LogP contribution in [0, 0.1) is 6.92 Å². The number of aryl methyl sites for hydroxylation is 1. The third kappa shape index (κ3) is 3.94. The summed E-state index contributed by atoms with van der Waals surface area (Å²) in [6, 6.07) is 15.7. The second-order valence-electron chi connectivity index (χ2n) is 7.80. The monoisotopic (exact) mass is 377 g/mol. The van der Waals surface area contributed by atoms with E-state index in [0.29, 0.717) is 26.1 Å². The molecule has 2 aliphatic rings. The van der Waals surface area contributed by atoms with Gasteiger partial charge in [0.25, 0.3) is 0 Å². The van der Waals surface area contributed by atoms with Crippen molar-refractivity contribution < 1.29 is 9.59 Å². The quantitative estimate of drug-likeness (QED) is 0.860. The fourth-order valence-electron chi connectivity index (χ4n) is 4.15. The van der Waals surface area contributed by atoms with Crippen molar-refractivity contribution in [3.05, 3.63) is 70.8 Å². The van der Waals surface area contributed by atoms with Crippen molar-refractivity contribution in [2.24, 2.45) is 0 Å². The van der Waals surface area contributed by atoms with Crippen molar-refractivity contribution in [3.8, 4) is 0 Å². The molecule has 2 amide bonds. The van der Waals surface area contributed by atoms with Crippen LogP contribution in [0.25, 0.3) is 0 Å². The molecule has 2 heterocycles. The summed E-state index contributed by atoms with van der Waals surface area (Å²) in [5.74, 6) is -0.00914. The molecule has 0 radical (unpaired) electrons. The SMILES string of the molecule is Cc1ccc(CNC(=O)C2CCCN2C(=O)C2Cc3ccccc3CN2)cc1. The third-order valence-electron chi connectivity index (χ3n) is 5.81. The summed E-state index contributed by atoms with van der Waals surface area (Å²) in [5, 5.41) is 6.36. The predicted molar refractivity (Wildman–Crippen MR) is 109 cm³/mol. The van der Waals surface area contributed by atoms with Crippen LogP contribution in [0.15, 0.2) is 48.5 Å². The topological polar surface area (TPSA) is 61.4 Å². The average molecular weight is 377 g/mol. The van der Waals surface area contributed by atoms with Gasteiger partial charge in [-0.05, 0) is 42.9 Å². The largest absolute Gasteiger partial charge is 0.350 e. The van der Waals surface area contributed by atoms with Crippen LogP contribution in [-0.4, -0.2) is 35.3 Å². The van der Waals surface area contributed by atoms with Gasteiger partial charge in [-0.15, -0.1) is 0 Å². The van der Waals surface area contributed by atoms with E-state index >= 15 is 0 Å². The normalized spacial score (nSPS) is 21.2. The molecule has 5 heteroatoms. The highest BCUT2D eigenvalue weighted by atomic mass is 16.2. The van der Waals surface area contributed by atoms with E-state index in [1.54, 1.807) is 4.90 Å². The molecular weight excluding hydrogens is 350 g/mol. The summed E-state index contributed by atoms with van der Waals surface area (Å²) in [7, 11) is 0. The fraction of sp³-hybridized carbons (Fsp3) is 0.391. The Balaban J connectivity index is 1.38. The molecule has 4 rings (SSSR count). The maximum absolute atomic E-state index is 13.1. The Morgan fingerprint density at radius 2 is 1.86 bits per heavy atom. The molecule has 28 heavy (non-hydrogen) atoms. The molecule has 2 unspecified atom stereocenters. The Bertz CT molecular complexity index is 862. The van der Waals surface area contributed by atoms with E-state index < -0.39 is 0 Å². The van der Waals surface area contributed by atoms with E-state index in [0.717, 1.165) is 18.4 Å². The van der Waals surface area contributed by atoms with E-state index in [9.17, 15) is 9.59 Å². The maximum Gasteiger partial charge on any atom is 0.243 e. The van der Waals surface area contributed by atoms with Gasteiger partial charge in [0.1, 0.15) is 6.04 Å². The number of fused-ring (bicyclic) bond motifs is 1. The first-order valence-corrected chi connectivity index (χ1v) is 10.1. The molecule has 2 atom stereocenters. The van der Waals surface area contributed by atoms with Gasteiger partial charge in [0.15, 0.2) is 0 Å². The van der Waals surface area contributed by atoms with Gasteiger partial charge in [-0.25, -0.2) is 0 Å². The van der Waals surface area contributed by atoms with E-state index in [1.165, 1.54) is 16.7 Å². The number of benzene rings is 2. The molecule has 1 fully saturated rings. The lowest BCUT2D eigenvalue weighted by Gasteiger charge is -2.31. The summed E-state index contributed by atoms with van der Waals surface area (Å²) >= 11 is 0. The molecule has 2 aromatic rings. The van der Waals surface area contributed by atoms with Crippen LogP contribution in [-0.2, 0) is 29.1 Å². The first kappa shape index (κ1) is 18.7. The summed E-state index contributed by atoms with van der Waals surface area (Å²) in [4.78, 5) is 27.7. The number of hydrogen-bond donors (Lipinski definition) is 2. The van der Waals surface area contributed by atoms with Gasteiger partial charge in [0, 0.05) is 19.6 Å². The molecule has 2 aliphatic heterocycles. The van der Waals surface area contributed by atoms with Crippen molar-refractivity contribution >= 4 is 11.8 Å². The molecule has 1 saturated heterocycles. The number of nitrogens with one attached hydrogen (secondary N) is 2. The number of nitrogens with zero attached hydrogens (tertiary/aromatic N) is 1. The number of rotatable bonds is 4. The van der Waals surface area contributed by atoms with Gasteiger partial charge in [0.05, 0.1) is 6.04 Å². The Morgan fingerprint density at radius 1 is 1.11 bits per heavy atom. The molecule has 0 saturated carbocycles. The second-order valence-corrected chi connectivity index (χ2v) is 7.80. The van der Waals surface area contributed by atoms with Gasteiger partial charge < -0.3 is 15.5 Å². The van der Waals surface area contributed by atoms with Crippen molar-refractivity contribution in [1.29, 1.82) is 0 Å². The average Bonchev–Trinajstić information content (AvgIpc) is 3.22. The molecule has 2 N–H and O–H groups in total. The first-order chi connectivity index (χ1) is 13.6. The number of carbonyl (C=O) groups excluding carboxylic acids is 2. The molecule has 0 aromatic heterocycles. The third-order valence-corrected chi connectivity index (χ3v) is 5.81. The smallest absolute Gasteiger partial charge is 0.243 e. The lowest BCUT2D eigenvalue weighted by atomic mass is 9.95. The molecule has 0 bridgehead atoms. The van der Waals surface area contributed by atoms with Crippen LogP contribution in [0.3, 0.4) is 0 Å². The summed E-state index contributed by atoms with van der Waals surface area (Å²) in [6.45, 7) is 3.89. The van der Waals surface area contributed by atoms with Crippen molar-refractivity contribution in [2.45, 2.75) is 51.4 Å². The van der Waals surface area contributed by atoms with Gasteiger partial charge in [0.2, 0.25) is 11.8 Å². The van der Waals surface area contributed by atoms with E-state index in [-0.39, 0.29) is 23.9 Å². The van der Waals surface area contributed by atoms with Crippen molar-refractivity contribution in [3.63, 3.8) is 0 Å². The molecule has 146 valence electrons. The van der Waals surface area contributed by atoms with Crippen LogP contribution < -0.4 is 10.6 Å². The molecular formula is C23H27N3O2. The standard InChI is InChI=1S/C23H27N3O2/c1-16-8-10-17(11-9-16)14-25-22(27)21-7-4-12-26(21)23(28)20-13-18-5-2-3-6-19(18)15-24-20/h2-3,5-6,8-11,20-21,24H,4,7,12-15H2,1H3,(H,25,27).